The van der Waals surface area contributed by atoms with Crippen LogP contribution < -0.4 is 10.1 Å². The zero-order valence-electron chi connectivity index (χ0n) is 12.1. The van der Waals surface area contributed by atoms with Gasteiger partial charge in [0.2, 0.25) is 5.88 Å². The van der Waals surface area contributed by atoms with E-state index < -0.39 is 6.10 Å². The maximum absolute atomic E-state index is 9.77. The number of aliphatic hydroxyl groups is 1. The van der Waals surface area contributed by atoms with E-state index in [1.54, 1.807) is 13.3 Å². The van der Waals surface area contributed by atoms with Crippen molar-refractivity contribution in [3.05, 3.63) is 23.9 Å². The molecule has 1 unspecified atom stereocenters. The molecule has 0 aromatic carbocycles. The van der Waals surface area contributed by atoms with Gasteiger partial charge in [0.05, 0.1) is 25.4 Å². The molecule has 0 spiro atoms. The number of ether oxygens (including phenoxy) is 2. The highest BCUT2D eigenvalue weighted by Crippen LogP contribution is 2.08. The molecule has 2 N–H and O–H groups in total. The van der Waals surface area contributed by atoms with Gasteiger partial charge in [-0.05, 0) is 32.4 Å². The number of nitrogens with one attached hydrogen (secondary N) is 1. The highest BCUT2D eigenvalue weighted by molar-refractivity contribution is 5.20. The van der Waals surface area contributed by atoms with Gasteiger partial charge in [0.15, 0.2) is 0 Å². The number of hydrogen-bond acceptors (Lipinski definition) is 5. The third kappa shape index (κ3) is 7.10. The topological polar surface area (TPSA) is 63.6 Å². The molecule has 0 radical (unpaired) electrons. The van der Waals surface area contributed by atoms with Gasteiger partial charge < -0.3 is 19.9 Å². The van der Waals surface area contributed by atoms with E-state index >= 15 is 0 Å². The second-order valence-corrected chi connectivity index (χ2v) is 5.41. The van der Waals surface area contributed by atoms with Gasteiger partial charge in [0.1, 0.15) is 0 Å². The molecule has 1 aromatic rings. The molecule has 0 aliphatic heterocycles. The zero-order chi connectivity index (χ0) is 14.3. The fourth-order valence-corrected chi connectivity index (χ4v) is 1.46. The molecule has 1 heterocycles. The van der Waals surface area contributed by atoms with Gasteiger partial charge in [-0.3, -0.25) is 0 Å². The summed E-state index contributed by atoms with van der Waals surface area (Å²) in [4.78, 5) is 4.04. The molecule has 0 amide bonds. The number of aromatic nitrogens is 1. The van der Waals surface area contributed by atoms with Crippen LogP contribution in [0.4, 0.5) is 0 Å². The second-order valence-electron chi connectivity index (χ2n) is 5.41. The van der Waals surface area contributed by atoms with Crippen molar-refractivity contribution >= 4 is 0 Å². The van der Waals surface area contributed by atoms with Crippen molar-refractivity contribution in [2.75, 3.05) is 20.3 Å². The van der Waals surface area contributed by atoms with Gasteiger partial charge in [0, 0.05) is 25.4 Å². The molecule has 0 aliphatic carbocycles. The van der Waals surface area contributed by atoms with Crippen LogP contribution in [-0.2, 0) is 11.3 Å². The Labute approximate surface area is 115 Å². The number of methoxy groups -OCH3 is 1. The molecule has 0 saturated heterocycles. The van der Waals surface area contributed by atoms with Gasteiger partial charge in [0.25, 0.3) is 0 Å². The van der Waals surface area contributed by atoms with E-state index in [0.29, 0.717) is 25.6 Å². The van der Waals surface area contributed by atoms with E-state index in [2.05, 4.69) is 10.3 Å². The van der Waals surface area contributed by atoms with Crippen molar-refractivity contribution in [1.82, 2.24) is 10.3 Å². The Kier molecular flexibility index (Phi) is 6.21. The van der Waals surface area contributed by atoms with Gasteiger partial charge in [-0.15, -0.1) is 0 Å². The van der Waals surface area contributed by atoms with Crippen molar-refractivity contribution in [1.29, 1.82) is 0 Å². The largest absolute Gasteiger partial charge is 0.481 e. The van der Waals surface area contributed by atoms with Crippen LogP contribution in [0.2, 0.25) is 0 Å². The Bertz CT molecular complexity index is 377. The summed E-state index contributed by atoms with van der Waals surface area (Å²) in [5.74, 6) is 0.593. The number of hydrogen-bond donors (Lipinski definition) is 2. The third-order valence-corrected chi connectivity index (χ3v) is 2.43. The molecule has 0 aliphatic rings. The molecule has 0 bridgehead atoms. The summed E-state index contributed by atoms with van der Waals surface area (Å²) in [6, 6.07) is 3.78. The summed E-state index contributed by atoms with van der Waals surface area (Å²) in [6.07, 6.45) is 1.19. The van der Waals surface area contributed by atoms with E-state index in [4.69, 9.17) is 9.47 Å². The molecule has 1 rings (SSSR count). The molecule has 0 saturated carbocycles. The molecule has 1 atom stereocenters. The van der Waals surface area contributed by atoms with Crippen LogP contribution in [0.3, 0.4) is 0 Å². The van der Waals surface area contributed by atoms with Gasteiger partial charge in [-0.2, -0.15) is 0 Å². The number of nitrogens with zero attached hydrogens (tertiary/aromatic N) is 1. The Morgan fingerprint density at radius 3 is 2.79 bits per heavy atom. The molecule has 1 aromatic heterocycles. The fraction of sp³-hybridized carbons (Fsp3) is 0.643. The first-order valence-electron chi connectivity index (χ1n) is 6.42. The van der Waals surface area contributed by atoms with Crippen molar-refractivity contribution in [3.63, 3.8) is 0 Å². The Morgan fingerprint density at radius 1 is 1.42 bits per heavy atom. The predicted octanol–water partition coefficient (Wildman–Crippen LogP) is 1.36. The van der Waals surface area contributed by atoms with Crippen LogP contribution in [0.25, 0.3) is 0 Å². The zero-order valence-corrected chi connectivity index (χ0v) is 12.1. The lowest BCUT2D eigenvalue weighted by molar-refractivity contribution is -0.0479. The highest BCUT2D eigenvalue weighted by Gasteiger charge is 2.13. The number of pyridine rings is 1. The lowest BCUT2D eigenvalue weighted by Crippen LogP contribution is -2.33. The first-order valence-corrected chi connectivity index (χ1v) is 6.42. The summed E-state index contributed by atoms with van der Waals surface area (Å²) in [6.45, 7) is 7.38. The average Bonchev–Trinajstić information content (AvgIpc) is 2.36. The molecular formula is C14H24N2O3. The quantitative estimate of drug-likeness (QED) is 0.781. The minimum atomic E-state index is -0.511. The maximum Gasteiger partial charge on any atom is 0.213 e. The van der Waals surface area contributed by atoms with Crippen molar-refractivity contribution in [2.45, 2.75) is 39.0 Å². The Hall–Kier alpha value is -1.17. The lowest BCUT2D eigenvalue weighted by Gasteiger charge is -2.22. The molecule has 108 valence electrons. The van der Waals surface area contributed by atoms with E-state index in [-0.39, 0.29) is 5.60 Å². The normalized spacial score (nSPS) is 13.3. The van der Waals surface area contributed by atoms with E-state index in [9.17, 15) is 5.11 Å². The summed E-state index contributed by atoms with van der Waals surface area (Å²) < 4.78 is 10.6. The monoisotopic (exact) mass is 268 g/mol. The summed E-state index contributed by atoms with van der Waals surface area (Å²) in [7, 11) is 1.59. The van der Waals surface area contributed by atoms with Crippen LogP contribution >= 0.6 is 0 Å². The number of rotatable bonds is 7. The van der Waals surface area contributed by atoms with Crippen molar-refractivity contribution in [3.8, 4) is 5.88 Å². The first-order chi connectivity index (χ1) is 8.90. The van der Waals surface area contributed by atoms with Gasteiger partial charge in [-0.25, -0.2) is 4.98 Å². The van der Waals surface area contributed by atoms with Crippen LogP contribution in [0.1, 0.15) is 26.3 Å². The maximum atomic E-state index is 9.77. The summed E-state index contributed by atoms with van der Waals surface area (Å²) in [5.41, 5.74) is 0.843. The standard InChI is InChI=1S/C14H24N2O3/c1-14(2,3)19-10-12(17)9-15-8-11-5-6-16-13(7-11)18-4/h5-7,12,15,17H,8-10H2,1-4H3. The van der Waals surface area contributed by atoms with Crippen LogP contribution in [0, 0.1) is 0 Å². The second kappa shape index (κ2) is 7.43. The van der Waals surface area contributed by atoms with Gasteiger partial charge in [-0.1, -0.05) is 0 Å². The van der Waals surface area contributed by atoms with Crippen LogP contribution in [0.5, 0.6) is 5.88 Å². The molecular weight excluding hydrogens is 244 g/mol. The lowest BCUT2D eigenvalue weighted by atomic mass is 10.2. The van der Waals surface area contributed by atoms with Crippen LogP contribution in [-0.4, -0.2) is 42.1 Å². The average molecular weight is 268 g/mol. The van der Waals surface area contributed by atoms with Gasteiger partial charge >= 0.3 is 0 Å². The summed E-state index contributed by atoms with van der Waals surface area (Å²) in [5, 5.41) is 12.9. The van der Waals surface area contributed by atoms with Crippen molar-refractivity contribution in [2.24, 2.45) is 0 Å². The predicted molar refractivity (Wildman–Crippen MR) is 74.2 cm³/mol. The molecule has 0 fully saturated rings. The van der Waals surface area contributed by atoms with Crippen LogP contribution in [0.15, 0.2) is 18.3 Å². The van der Waals surface area contributed by atoms with E-state index in [0.717, 1.165) is 5.56 Å². The Balaban J connectivity index is 2.25. The molecule has 19 heavy (non-hydrogen) atoms. The SMILES string of the molecule is COc1cc(CNCC(O)COC(C)(C)C)ccn1. The summed E-state index contributed by atoms with van der Waals surface area (Å²) >= 11 is 0. The van der Waals surface area contributed by atoms with Crippen molar-refractivity contribution < 1.29 is 14.6 Å². The Morgan fingerprint density at radius 2 is 2.16 bits per heavy atom. The smallest absolute Gasteiger partial charge is 0.213 e. The number of aliphatic hydroxyl groups excluding tert-OH is 1. The van der Waals surface area contributed by atoms with E-state index in [1.165, 1.54) is 0 Å². The fourth-order valence-electron chi connectivity index (χ4n) is 1.46. The minimum Gasteiger partial charge on any atom is -0.481 e. The minimum absolute atomic E-state index is 0.223. The third-order valence-electron chi connectivity index (χ3n) is 2.43. The van der Waals surface area contributed by atoms with E-state index in [1.807, 2.05) is 32.9 Å². The highest BCUT2D eigenvalue weighted by atomic mass is 16.5. The molecule has 5 heteroatoms. The first kappa shape index (κ1) is 15.9. The molecule has 5 nitrogen and oxygen atoms in total.